The lowest BCUT2D eigenvalue weighted by Crippen LogP contribution is -2.29. The molecule has 0 spiro atoms. The van der Waals surface area contributed by atoms with Crippen LogP contribution in [-0.2, 0) is 11.3 Å². The second-order valence-electron chi connectivity index (χ2n) is 4.59. The number of carbonyl (C=O) groups excluding carboxylic acids is 2. The smallest absolute Gasteiger partial charge is 0.266 e. The van der Waals surface area contributed by atoms with Crippen LogP contribution in [0.15, 0.2) is 48.5 Å². The van der Waals surface area contributed by atoms with Gasteiger partial charge in [0.2, 0.25) is 0 Å². The average molecular weight is 267 g/mol. The quantitative estimate of drug-likeness (QED) is 0.803. The van der Waals surface area contributed by atoms with E-state index in [-0.39, 0.29) is 11.8 Å². The monoisotopic (exact) mass is 267 g/mol. The summed E-state index contributed by atoms with van der Waals surface area (Å²) in [5, 5.41) is 0. The molecule has 100 valence electrons. The molecule has 1 aliphatic rings. The van der Waals surface area contributed by atoms with Crippen molar-refractivity contribution >= 4 is 17.5 Å². The summed E-state index contributed by atoms with van der Waals surface area (Å²) < 4.78 is 5.07. The van der Waals surface area contributed by atoms with Gasteiger partial charge in [-0.2, -0.15) is 0 Å². The third-order valence-corrected chi connectivity index (χ3v) is 3.27. The number of amides is 2. The summed E-state index contributed by atoms with van der Waals surface area (Å²) in [5.74, 6) is -0.555. The Balaban J connectivity index is 2.02. The molecule has 0 aromatic heterocycles. The Kier molecular flexibility index (Phi) is 3.08. The fraction of sp³-hybridized carbons (Fsp3) is 0.125. The fourth-order valence-electron chi connectivity index (χ4n) is 2.38. The van der Waals surface area contributed by atoms with Crippen molar-refractivity contribution < 1.29 is 14.3 Å². The molecular formula is C16H13NO3. The van der Waals surface area contributed by atoms with Gasteiger partial charge < -0.3 is 4.74 Å². The van der Waals surface area contributed by atoms with Gasteiger partial charge in [-0.15, -0.1) is 0 Å². The summed E-state index contributed by atoms with van der Waals surface area (Å²) in [7, 11) is 1.61. The van der Waals surface area contributed by atoms with Crippen LogP contribution < -0.4 is 4.90 Å². The lowest BCUT2D eigenvalue weighted by atomic mass is 10.1. The SMILES string of the molecule is COCc1cccc(N2C(=O)c3ccccc3C2=O)c1. The van der Waals surface area contributed by atoms with E-state index in [9.17, 15) is 9.59 Å². The Morgan fingerprint density at radius 2 is 1.60 bits per heavy atom. The fourth-order valence-corrected chi connectivity index (χ4v) is 2.38. The highest BCUT2D eigenvalue weighted by Crippen LogP contribution is 2.28. The summed E-state index contributed by atoms with van der Waals surface area (Å²) in [6, 6.07) is 14.1. The Morgan fingerprint density at radius 1 is 0.950 bits per heavy atom. The van der Waals surface area contributed by atoms with Crippen molar-refractivity contribution in [3.8, 4) is 0 Å². The first-order valence-corrected chi connectivity index (χ1v) is 6.28. The second-order valence-corrected chi connectivity index (χ2v) is 4.59. The Bertz CT molecular complexity index is 659. The van der Waals surface area contributed by atoms with E-state index in [0.717, 1.165) is 5.56 Å². The van der Waals surface area contributed by atoms with Crippen LogP contribution in [0.4, 0.5) is 5.69 Å². The first-order chi connectivity index (χ1) is 9.72. The minimum atomic E-state index is -0.278. The predicted octanol–water partition coefficient (Wildman–Crippen LogP) is 2.63. The maximum atomic E-state index is 12.4. The molecule has 4 nitrogen and oxygen atoms in total. The third kappa shape index (κ3) is 1.90. The van der Waals surface area contributed by atoms with Crippen molar-refractivity contribution in [3.05, 3.63) is 65.2 Å². The lowest BCUT2D eigenvalue weighted by molar-refractivity contribution is 0.0926. The minimum absolute atomic E-state index is 0.278. The standard InChI is InChI=1S/C16H13NO3/c1-20-10-11-5-4-6-12(9-11)17-15(18)13-7-2-3-8-14(13)16(17)19/h2-9H,10H2,1H3. The van der Waals surface area contributed by atoms with E-state index in [2.05, 4.69) is 0 Å². The van der Waals surface area contributed by atoms with E-state index in [1.54, 1.807) is 43.5 Å². The summed E-state index contributed by atoms with van der Waals surface area (Å²) in [4.78, 5) is 25.9. The number of benzene rings is 2. The average Bonchev–Trinajstić information content (AvgIpc) is 2.72. The van der Waals surface area contributed by atoms with E-state index in [1.165, 1.54) is 4.90 Å². The molecule has 0 bridgehead atoms. The maximum absolute atomic E-state index is 12.4. The van der Waals surface area contributed by atoms with Crippen molar-refractivity contribution in [1.82, 2.24) is 0 Å². The van der Waals surface area contributed by atoms with Gasteiger partial charge in [0.1, 0.15) is 0 Å². The second kappa shape index (κ2) is 4.90. The lowest BCUT2D eigenvalue weighted by Gasteiger charge is -2.14. The van der Waals surface area contributed by atoms with Crippen LogP contribution in [0.25, 0.3) is 0 Å². The first-order valence-electron chi connectivity index (χ1n) is 6.28. The largest absolute Gasteiger partial charge is 0.380 e. The van der Waals surface area contributed by atoms with Crippen LogP contribution in [0.3, 0.4) is 0 Å². The van der Waals surface area contributed by atoms with Crippen molar-refractivity contribution in [1.29, 1.82) is 0 Å². The zero-order valence-corrected chi connectivity index (χ0v) is 11.0. The highest BCUT2D eigenvalue weighted by Gasteiger charge is 2.36. The number of methoxy groups -OCH3 is 1. The number of fused-ring (bicyclic) bond motifs is 1. The van der Waals surface area contributed by atoms with E-state index in [1.807, 2.05) is 12.1 Å². The van der Waals surface area contributed by atoms with Crippen molar-refractivity contribution in [2.75, 3.05) is 12.0 Å². The molecule has 0 radical (unpaired) electrons. The molecule has 0 aliphatic carbocycles. The van der Waals surface area contributed by atoms with Gasteiger partial charge in [-0.1, -0.05) is 24.3 Å². The molecule has 20 heavy (non-hydrogen) atoms. The third-order valence-electron chi connectivity index (χ3n) is 3.27. The van der Waals surface area contributed by atoms with Crippen molar-refractivity contribution in [2.45, 2.75) is 6.61 Å². The number of imide groups is 1. The van der Waals surface area contributed by atoms with Gasteiger partial charge in [0.25, 0.3) is 11.8 Å². The van der Waals surface area contributed by atoms with Gasteiger partial charge in [0.05, 0.1) is 23.4 Å². The highest BCUT2D eigenvalue weighted by atomic mass is 16.5. The number of nitrogens with zero attached hydrogens (tertiary/aromatic N) is 1. The van der Waals surface area contributed by atoms with Crippen LogP contribution in [0.5, 0.6) is 0 Å². The number of hydrogen-bond donors (Lipinski definition) is 0. The number of anilines is 1. The molecule has 3 rings (SSSR count). The van der Waals surface area contributed by atoms with E-state index < -0.39 is 0 Å². The molecule has 1 aliphatic heterocycles. The Morgan fingerprint density at radius 3 is 2.20 bits per heavy atom. The summed E-state index contributed by atoms with van der Waals surface area (Å²) in [5.41, 5.74) is 2.40. The highest BCUT2D eigenvalue weighted by molar-refractivity contribution is 6.34. The van der Waals surface area contributed by atoms with Gasteiger partial charge in [-0.05, 0) is 29.8 Å². The molecule has 2 amide bonds. The number of rotatable bonds is 3. The topological polar surface area (TPSA) is 46.6 Å². The number of ether oxygens (including phenoxy) is 1. The molecule has 4 heteroatoms. The van der Waals surface area contributed by atoms with Gasteiger partial charge in [0, 0.05) is 7.11 Å². The summed E-state index contributed by atoms with van der Waals surface area (Å²) in [6.07, 6.45) is 0. The van der Waals surface area contributed by atoms with Gasteiger partial charge >= 0.3 is 0 Å². The van der Waals surface area contributed by atoms with E-state index >= 15 is 0 Å². The summed E-state index contributed by atoms with van der Waals surface area (Å²) in [6.45, 7) is 0.441. The van der Waals surface area contributed by atoms with Crippen LogP contribution in [0.1, 0.15) is 26.3 Å². The summed E-state index contributed by atoms with van der Waals surface area (Å²) >= 11 is 0. The van der Waals surface area contributed by atoms with Crippen LogP contribution in [0, 0.1) is 0 Å². The molecule has 0 unspecified atom stereocenters. The van der Waals surface area contributed by atoms with Gasteiger partial charge in [0.15, 0.2) is 0 Å². The first kappa shape index (κ1) is 12.6. The van der Waals surface area contributed by atoms with Crippen molar-refractivity contribution in [3.63, 3.8) is 0 Å². The maximum Gasteiger partial charge on any atom is 0.266 e. The van der Waals surface area contributed by atoms with Gasteiger partial charge in [-0.25, -0.2) is 4.90 Å². The molecule has 0 fully saturated rings. The van der Waals surface area contributed by atoms with Crippen LogP contribution in [-0.4, -0.2) is 18.9 Å². The molecule has 0 atom stereocenters. The van der Waals surface area contributed by atoms with E-state index in [4.69, 9.17) is 4.74 Å². The molecule has 0 N–H and O–H groups in total. The molecular weight excluding hydrogens is 254 g/mol. The molecule has 0 saturated heterocycles. The number of hydrogen-bond acceptors (Lipinski definition) is 3. The molecule has 1 heterocycles. The number of carbonyl (C=O) groups is 2. The zero-order valence-electron chi connectivity index (χ0n) is 11.0. The predicted molar refractivity (Wildman–Crippen MR) is 74.7 cm³/mol. The van der Waals surface area contributed by atoms with Gasteiger partial charge in [-0.3, -0.25) is 9.59 Å². The molecule has 2 aromatic carbocycles. The molecule has 0 saturated carbocycles. The van der Waals surface area contributed by atoms with Crippen LogP contribution >= 0.6 is 0 Å². The van der Waals surface area contributed by atoms with E-state index in [0.29, 0.717) is 23.4 Å². The Labute approximate surface area is 116 Å². The van der Waals surface area contributed by atoms with Crippen molar-refractivity contribution in [2.24, 2.45) is 0 Å². The van der Waals surface area contributed by atoms with Crippen LogP contribution in [0.2, 0.25) is 0 Å². The minimum Gasteiger partial charge on any atom is -0.380 e. The Hall–Kier alpha value is -2.46. The normalized spacial score (nSPS) is 13.8. The zero-order chi connectivity index (χ0) is 14.1. The molecule has 2 aromatic rings.